The minimum atomic E-state index is -3.65. The fourth-order valence-corrected chi connectivity index (χ4v) is 8.55. The van der Waals surface area contributed by atoms with E-state index in [1.54, 1.807) is 34.8 Å². The summed E-state index contributed by atoms with van der Waals surface area (Å²) in [6.45, 7) is 3.01. The molecule has 4 heterocycles. The maximum Gasteiger partial charge on any atom is 0.256 e. The van der Waals surface area contributed by atoms with E-state index in [9.17, 15) is 13.2 Å². The number of fused-ring (bicyclic) bond motifs is 2. The van der Waals surface area contributed by atoms with Crippen molar-refractivity contribution in [1.29, 1.82) is 0 Å². The molecule has 0 aliphatic carbocycles. The van der Waals surface area contributed by atoms with Gasteiger partial charge in [0.1, 0.15) is 10.0 Å². The number of rotatable bonds is 5. The Labute approximate surface area is 223 Å². The second kappa shape index (κ2) is 9.90. The van der Waals surface area contributed by atoms with E-state index in [2.05, 4.69) is 28.6 Å². The Morgan fingerprint density at radius 3 is 2.73 bits per heavy atom. The summed E-state index contributed by atoms with van der Waals surface area (Å²) in [5.74, 6) is -0.283. The van der Waals surface area contributed by atoms with Gasteiger partial charge in [-0.05, 0) is 55.4 Å². The van der Waals surface area contributed by atoms with Crippen LogP contribution in [0.15, 0.2) is 53.4 Å². The molecule has 11 heteroatoms. The topological polar surface area (TPSA) is 101 Å². The van der Waals surface area contributed by atoms with E-state index in [0.717, 1.165) is 45.3 Å². The third kappa shape index (κ3) is 4.71. The fourth-order valence-electron chi connectivity index (χ4n) is 4.69. The number of carbonyl (C=O) groups is 1. The predicted octanol–water partition coefficient (Wildman–Crippen LogP) is 3.98. The predicted molar refractivity (Wildman–Crippen MR) is 147 cm³/mol. The number of carbonyl (C=O) groups excluding carboxylic acids is 1. The van der Waals surface area contributed by atoms with E-state index in [1.165, 1.54) is 22.6 Å². The number of benzene rings is 2. The number of hydrogen-bond donors (Lipinski definition) is 2. The summed E-state index contributed by atoms with van der Waals surface area (Å²) in [6, 6.07) is 14.1. The standard InChI is InChI=1S/C26H26N4O4S3/c1-30-12-10-18-21(15-30)36-26(23(18)25-28-19-4-2-3-5-20(19)35-25)29-24(31)16-6-8-17(9-7-16)37(32,33)22-14-27-11-13-34-22/h2-9,22,27H,10-15H2,1H3,(H,29,31). The number of nitrogens with one attached hydrogen (secondary N) is 2. The Bertz CT molecular complexity index is 1540. The smallest absolute Gasteiger partial charge is 0.256 e. The average molecular weight is 555 g/mol. The van der Waals surface area contributed by atoms with Crippen LogP contribution in [-0.4, -0.2) is 62.9 Å². The second-order valence-corrected chi connectivity index (χ2v) is 13.4. The lowest BCUT2D eigenvalue weighted by Gasteiger charge is -2.23. The van der Waals surface area contributed by atoms with Crippen LogP contribution in [0.1, 0.15) is 20.8 Å². The molecule has 8 nitrogen and oxygen atoms in total. The van der Waals surface area contributed by atoms with Crippen molar-refractivity contribution in [1.82, 2.24) is 15.2 Å². The second-order valence-electron chi connectivity index (χ2n) is 9.21. The van der Waals surface area contributed by atoms with E-state index >= 15 is 0 Å². The summed E-state index contributed by atoms with van der Waals surface area (Å²) < 4.78 is 32.3. The number of likely N-dealkylation sites (N-methyl/N-ethyl adjacent to an activating group) is 1. The first-order valence-electron chi connectivity index (χ1n) is 12.1. The van der Waals surface area contributed by atoms with Crippen molar-refractivity contribution in [2.75, 3.05) is 38.6 Å². The molecule has 1 fully saturated rings. The molecular formula is C26H26N4O4S3. The van der Waals surface area contributed by atoms with Crippen molar-refractivity contribution >= 4 is 53.6 Å². The number of nitrogens with zero attached hydrogens (tertiary/aromatic N) is 2. The molecule has 1 unspecified atom stereocenters. The summed E-state index contributed by atoms with van der Waals surface area (Å²) in [5.41, 5.74) is 2.67. The number of para-hydroxylation sites is 1. The lowest BCUT2D eigenvalue weighted by atomic mass is 10.0. The largest absolute Gasteiger partial charge is 0.359 e. The zero-order chi connectivity index (χ0) is 25.6. The van der Waals surface area contributed by atoms with Gasteiger partial charge in [0.2, 0.25) is 9.84 Å². The number of morpholine rings is 1. The molecule has 2 aliphatic rings. The highest BCUT2D eigenvalue weighted by Crippen LogP contribution is 2.45. The summed E-state index contributed by atoms with van der Waals surface area (Å²) >= 11 is 3.22. The van der Waals surface area contributed by atoms with Crippen LogP contribution in [0.25, 0.3) is 20.8 Å². The van der Waals surface area contributed by atoms with Gasteiger partial charge in [-0.1, -0.05) is 12.1 Å². The number of thiazole rings is 1. The minimum Gasteiger partial charge on any atom is -0.359 e. The molecule has 1 atom stereocenters. The number of hydrogen-bond acceptors (Lipinski definition) is 9. The quantitative estimate of drug-likeness (QED) is 0.385. The highest BCUT2D eigenvalue weighted by molar-refractivity contribution is 7.92. The van der Waals surface area contributed by atoms with Gasteiger partial charge < -0.3 is 20.3 Å². The average Bonchev–Trinajstić information content (AvgIpc) is 3.49. The Hall–Kier alpha value is -2.67. The van der Waals surface area contributed by atoms with E-state index in [4.69, 9.17) is 9.72 Å². The Morgan fingerprint density at radius 1 is 1.16 bits per heavy atom. The normalized spacial score (nSPS) is 18.6. The zero-order valence-corrected chi connectivity index (χ0v) is 22.6. The Balaban J connectivity index is 1.30. The van der Waals surface area contributed by atoms with Gasteiger partial charge in [-0.25, -0.2) is 13.4 Å². The number of amides is 1. The lowest BCUT2D eigenvalue weighted by Crippen LogP contribution is -2.43. The van der Waals surface area contributed by atoms with E-state index in [1.807, 2.05) is 18.2 Å². The number of anilines is 1. The summed E-state index contributed by atoms with van der Waals surface area (Å²) in [6.07, 6.45) is 0.897. The Kier molecular flexibility index (Phi) is 6.59. The molecule has 2 aromatic heterocycles. The molecule has 192 valence electrons. The zero-order valence-electron chi connectivity index (χ0n) is 20.2. The molecule has 37 heavy (non-hydrogen) atoms. The number of ether oxygens (including phenoxy) is 1. The van der Waals surface area contributed by atoms with Gasteiger partial charge in [0.05, 0.1) is 21.7 Å². The van der Waals surface area contributed by atoms with Crippen molar-refractivity contribution in [2.24, 2.45) is 0 Å². The molecule has 0 saturated carbocycles. The molecule has 2 N–H and O–H groups in total. The van der Waals surface area contributed by atoms with Crippen molar-refractivity contribution in [3.8, 4) is 10.6 Å². The molecule has 1 amide bonds. The van der Waals surface area contributed by atoms with Gasteiger partial charge in [-0.15, -0.1) is 22.7 Å². The highest BCUT2D eigenvalue weighted by atomic mass is 32.2. The number of sulfone groups is 1. The van der Waals surface area contributed by atoms with Crippen LogP contribution in [0, 0.1) is 0 Å². The first-order chi connectivity index (χ1) is 17.9. The molecule has 2 aromatic carbocycles. The van der Waals surface area contributed by atoms with Gasteiger partial charge in [0.25, 0.3) is 5.91 Å². The van der Waals surface area contributed by atoms with Gasteiger partial charge >= 0.3 is 0 Å². The van der Waals surface area contributed by atoms with E-state index in [0.29, 0.717) is 18.7 Å². The van der Waals surface area contributed by atoms with Crippen molar-refractivity contribution in [3.05, 3.63) is 64.5 Å². The van der Waals surface area contributed by atoms with Gasteiger partial charge in [0.15, 0.2) is 5.44 Å². The first kappa shape index (κ1) is 24.7. The Morgan fingerprint density at radius 2 is 1.97 bits per heavy atom. The lowest BCUT2D eigenvalue weighted by molar-refractivity contribution is 0.0785. The molecule has 6 rings (SSSR count). The van der Waals surface area contributed by atoms with Crippen LogP contribution in [0.4, 0.5) is 5.00 Å². The maximum absolute atomic E-state index is 13.3. The SMILES string of the molecule is CN1CCc2c(sc(NC(=O)c3ccc(S(=O)(=O)C4CNCCO4)cc3)c2-c2nc3ccccc3s2)C1. The highest BCUT2D eigenvalue weighted by Gasteiger charge is 2.30. The third-order valence-electron chi connectivity index (χ3n) is 6.67. The first-order valence-corrected chi connectivity index (χ1v) is 15.2. The van der Waals surface area contributed by atoms with Crippen molar-refractivity contribution < 1.29 is 17.9 Å². The van der Waals surface area contributed by atoms with Crippen LogP contribution in [0.3, 0.4) is 0 Å². The molecule has 0 radical (unpaired) electrons. The molecule has 2 aliphatic heterocycles. The van der Waals surface area contributed by atoms with Crippen LogP contribution in [0.2, 0.25) is 0 Å². The van der Waals surface area contributed by atoms with Crippen molar-refractivity contribution in [2.45, 2.75) is 23.3 Å². The molecular weight excluding hydrogens is 529 g/mol. The van der Waals surface area contributed by atoms with Crippen LogP contribution >= 0.6 is 22.7 Å². The fraction of sp³-hybridized carbons (Fsp3) is 0.308. The molecule has 1 saturated heterocycles. The van der Waals surface area contributed by atoms with E-state index in [-0.39, 0.29) is 17.3 Å². The van der Waals surface area contributed by atoms with Crippen LogP contribution in [0.5, 0.6) is 0 Å². The summed E-state index contributed by atoms with van der Waals surface area (Å²) in [7, 11) is -1.55. The number of thiophene rings is 1. The molecule has 4 aromatic rings. The third-order valence-corrected chi connectivity index (χ3v) is 10.8. The van der Waals surface area contributed by atoms with Gasteiger partial charge in [0, 0.05) is 42.2 Å². The van der Waals surface area contributed by atoms with E-state index < -0.39 is 15.3 Å². The molecule has 0 bridgehead atoms. The maximum atomic E-state index is 13.3. The van der Waals surface area contributed by atoms with Crippen LogP contribution < -0.4 is 10.6 Å². The van der Waals surface area contributed by atoms with Crippen molar-refractivity contribution in [3.63, 3.8) is 0 Å². The van der Waals surface area contributed by atoms with Crippen LogP contribution in [-0.2, 0) is 27.5 Å². The number of aromatic nitrogens is 1. The minimum absolute atomic E-state index is 0.141. The summed E-state index contributed by atoms with van der Waals surface area (Å²) in [4.78, 5) is 21.8. The van der Waals surface area contributed by atoms with Gasteiger partial charge in [-0.2, -0.15) is 0 Å². The monoisotopic (exact) mass is 554 g/mol. The van der Waals surface area contributed by atoms with Gasteiger partial charge in [-0.3, -0.25) is 4.79 Å². The summed E-state index contributed by atoms with van der Waals surface area (Å²) in [5, 5.41) is 7.83. The molecule has 0 spiro atoms.